The second-order valence-corrected chi connectivity index (χ2v) is 7.59. The third-order valence-electron chi connectivity index (χ3n) is 5.42. The van der Waals surface area contributed by atoms with Crippen LogP contribution in [-0.2, 0) is 13.6 Å². The molecule has 2 N–H and O–H groups in total. The van der Waals surface area contributed by atoms with Gasteiger partial charge >= 0.3 is 0 Å². The summed E-state index contributed by atoms with van der Waals surface area (Å²) in [6.07, 6.45) is 11.1. The number of unbranched alkanes of at least 4 members (excludes halogenated alkanes) is 1. The Morgan fingerprint density at radius 2 is 1.93 bits per heavy atom. The molecule has 0 bridgehead atoms. The molecule has 1 saturated carbocycles. The number of hydrogen-bond acceptors (Lipinski definition) is 4. The van der Waals surface area contributed by atoms with Crippen molar-refractivity contribution in [3.63, 3.8) is 0 Å². The van der Waals surface area contributed by atoms with Gasteiger partial charge in [0.15, 0.2) is 11.3 Å². The molecule has 2 aromatic rings. The van der Waals surface area contributed by atoms with E-state index in [0.29, 0.717) is 17.6 Å². The Morgan fingerprint density at radius 1 is 1.26 bits per heavy atom. The van der Waals surface area contributed by atoms with Crippen LogP contribution in [0.25, 0.3) is 11.0 Å². The van der Waals surface area contributed by atoms with E-state index in [1.54, 1.807) is 22.5 Å². The number of carbonyl (C=O) groups is 1. The molecule has 3 rings (SSSR count). The fourth-order valence-electron chi connectivity index (χ4n) is 3.91. The van der Waals surface area contributed by atoms with Crippen molar-refractivity contribution in [1.29, 1.82) is 0 Å². The predicted molar refractivity (Wildman–Crippen MR) is 105 cm³/mol. The molecule has 27 heavy (non-hydrogen) atoms. The molecule has 1 fully saturated rings. The first-order valence-electron chi connectivity index (χ1n) is 10.1. The summed E-state index contributed by atoms with van der Waals surface area (Å²) in [5.41, 5.74) is 0.246. The lowest BCUT2D eigenvalue weighted by atomic mass is 9.96. The van der Waals surface area contributed by atoms with Crippen LogP contribution in [0.4, 0.5) is 0 Å². The zero-order valence-electron chi connectivity index (χ0n) is 16.3. The van der Waals surface area contributed by atoms with Crippen molar-refractivity contribution in [3.8, 4) is 5.75 Å². The van der Waals surface area contributed by atoms with Crippen molar-refractivity contribution >= 4 is 16.9 Å². The highest BCUT2D eigenvalue weighted by molar-refractivity contribution is 6.01. The van der Waals surface area contributed by atoms with E-state index < -0.39 is 11.5 Å². The van der Waals surface area contributed by atoms with E-state index in [4.69, 9.17) is 0 Å². The number of aryl methyl sites for hydroxylation is 2. The molecule has 1 aliphatic rings. The summed E-state index contributed by atoms with van der Waals surface area (Å²) in [6.45, 7) is 2.55. The molecule has 0 aromatic carbocycles. The predicted octanol–water partition coefficient (Wildman–Crippen LogP) is 3.08. The Hall–Kier alpha value is -2.31. The number of aromatic nitrogens is 3. The van der Waals surface area contributed by atoms with Gasteiger partial charge in [-0.15, -0.1) is 0 Å². The minimum Gasteiger partial charge on any atom is -0.505 e. The summed E-state index contributed by atoms with van der Waals surface area (Å²) >= 11 is 0. The maximum absolute atomic E-state index is 13.0. The second kappa shape index (κ2) is 8.59. The van der Waals surface area contributed by atoms with Crippen molar-refractivity contribution in [2.45, 2.75) is 77.3 Å². The van der Waals surface area contributed by atoms with Crippen LogP contribution in [-0.4, -0.2) is 31.4 Å². The van der Waals surface area contributed by atoms with E-state index in [1.165, 1.54) is 19.3 Å². The number of fused-ring (bicyclic) bond motifs is 1. The van der Waals surface area contributed by atoms with Gasteiger partial charge in [0.2, 0.25) is 0 Å². The molecule has 2 heterocycles. The average Bonchev–Trinajstić information content (AvgIpc) is 2.99. The van der Waals surface area contributed by atoms with Crippen LogP contribution in [0.15, 0.2) is 11.0 Å². The highest BCUT2D eigenvalue weighted by atomic mass is 16.3. The number of carbonyl (C=O) groups excluding carboxylic acids is 1. The standard InChI is InChI=1S/C20H30N4O3/c1-3-4-12-24-15-13-23(2)22-17(15)18(25)16(20(24)27)19(26)21-14-10-8-6-5-7-9-11-14/h13-14,25H,3-12H2,1-2H3,(H,21,26). The number of nitrogens with zero attached hydrogens (tertiary/aromatic N) is 3. The largest absolute Gasteiger partial charge is 0.505 e. The Labute approximate surface area is 159 Å². The van der Waals surface area contributed by atoms with Crippen molar-refractivity contribution in [2.75, 3.05) is 0 Å². The van der Waals surface area contributed by atoms with Crippen LogP contribution < -0.4 is 10.9 Å². The highest BCUT2D eigenvalue weighted by Crippen LogP contribution is 2.26. The highest BCUT2D eigenvalue weighted by Gasteiger charge is 2.25. The van der Waals surface area contributed by atoms with Crippen LogP contribution in [0.3, 0.4) is 0 Å². The SMILES string of the molecule is CCCCn1c(=O)c(C(=O)NC2CCCCCCC2)c(O)c2nn(C)cc21. The first-order chi connectivity index (χ1) is 13.0. The van der Waals surface area contributed by atoms with E-state index >= 15 is 0 Å². The molecule has 0 aliphatic heterocycles. The molecule has 0 spiro atoms. The first kappa shape index (κ1) is 19.5. The molecule has 1 aliphatic carbocycles. The third-order valence-corrected chi connectivity index (χ3v) is 5.42. The van der Waals surface area contributed by atoms with Gasteiger partial charge in [-0.25, -0.2) is 0 Å². The van der Waals surface area contributed by atoms with Gasteiger partial charge < -0.3 is 15.0 Å². The van der Waals surface area contributed by atoms with Gasteiger partial charge in [0, 0.05) is 25.8 Å². The fourth-order valence-corrected chi connectivity index (χ4v) is 3.91. The van der Waals surface area contributed by atoms with Gasteiger partial charge in [-0.3, -0.25) is 14.3 Å². The lowest BCUT2D eigenvalue weighted by Gasteiger charge is -2.21. The van der Waals surface area contributed by atoms with Gasteiger partial charge in [0.05, 0.1) is 5.52 Å². The minimum atomic E-state index is -0.485. The van der Waals surface area contributed by atoms with Gasteiger partial charge in [0.1, 0.15) is 5.56 Å². The van der Waals surface area contributed by atoms with Gasteiger partial charge in [-0.1, -0.05) is 45.4 Å². The average molecular weight is 374 g/mol. The van der Waals surface area contributed by atoms with E-state index in [9.17, 15) is 14.7 Å². The summed E-state index contributed by atoms with van der Waals surface area (Å²) in [7, 11) is 1.74. The monoisotopic (exact) mass is 374 g/mol. The molecule has 1 amide bonds. The molecular weight excluding hydrogens is 344 g/mol. The Balaban J connectivity index is 1.96. The van der Waals surface area contributed by atoms with E-state index in [0.717, 1.165) is 38.5 Å². The smallest absolute Gasteiger partial charge is 0.267 e. The minimum absolute atomic E-state index is 0.0557. The van der Waals surface area contributed by atoms with Crippen LogP contribution in [0.2, 0.25) is 0 Å². The summed E-state index contributed by atoms with van der Waals surface area (Å²) in [5.74, 6) is -0.799. The maximum atomic E-state index is 13.0. The van der Waals surface area contributed by atoms with Crippen molar-refractivity contribution < 1.29 is 9.90 Å². The van der Waals surface area contributed by atoms with E-state index in [1.807, 2.05) is 6.92 Å². The molecule has 0 atom stereocenters. The van der Waals surface area contributed by atoms with Crippen LogP contribution in [0.1, 0.15) is 75.1 Å². The van der Waals surface area contributed by atoms with Crippen LogP contribution in [0, 0.1) is 0 Å². The van der Waals surface area contributed by atoms with Gasteiger partial charge in [-0.2, -0.15) is 5.10 Å². The summed E-state index contributed by atoms with van der Waals surface area (Å²) in [5, 5.41) is 17.9. The number of pyridine rings is 1. The maximum Gasteiger partial charge on any atom is 0.267 e. The molecule has 2 aromatic heterocycles. The molecule has 0 radical (unpaired) electrons. The zero-order valence-corrected chi connectivity index (χ0v) is 16.3. The number of rotatable bonds is 5. The Kier molecular flexibility index (Phi) is 6.19. The van der Waals surface area contributed by atoms with Crippen molar-refractivity contribution in [2.24, 2.45) is 7.05 Å². The van der Waals surface area contributed by atoms with Crippen molar-refractivity contribution in [3.05, 3.63) is 22.1 Å². The number of aromatic hydroxyl groups is 1. The van der Waals surface area contributed by atoms with Crippen LogP contribution in [0.5, 0.6) is 5.75 Å². The lowest BCUT2D eigenvalue weighted by molar-refractivity contribution is 0.0925. The molecule has 7 nitrogen and oxygen atoms in total. The zero-order chi connectivity index (χ0) is 19.4. The molecule has 148 valence electrons. The molecule has 0 unspecified atom stereocenters. The first-order valence-corrected chi connectivity index (χ1v) is 10.1. The topological polar surface area (TPSA) is 89.2 Å². The Bertz CT molecular complexity index is 860. The summed E-state index contributed by atoms with van der Waals surface area (Å²) in [6, 6.07) is 0.0557. The molecular formula is C20H30N4O3. The molecule has 0 saturated heterocycles. The van der Waals surface area contributed by atoms with Gasteiger partial charge in [-0.05, 0) is 19.3 Å². The number of hydrogen-bond donors (Lipinski definition) is 2. The normalized spacial score (nSPS) is 16.2. The van der Waals surface area contributed by atoms with Gasteiger partial charge in [0.25, 0.3) is 11.5 Å². The Morgan fingerprint density at radius 3 is 2.59 bits per heavy atom. The second-order valence-electron chi connectivity index (χ2n) is 7.59. The van der Waals surface area contributed by atoms with E-state index in [2.05, 4.69) is 10.4 Å². The summed E-state index contributed by atoms with van der Waals surface area (Å²) < 4.78 is 3.13. The summed E-state index contributed by atoms with van der Waals surface area (Å²) in [4.78, 5) is 25.9. The quantitative estimate of drug-likeness (QED) is 0.842. The fraction of sp³-hybridized carbons (Fsp3) is 0.650. The molecule has 7 heteroatoms. The number of nitrogens with one attached hydrogen (secondary N) is 1. The third kappa shape index (κ3) is 4.17. The number of amides is 1. The van der Waals surface area contributed by atoms with Crippen LogP contribution >= 0.6 is 0 Å². The van der Waals surface area contributed by atoms with E-state index in [-0.39, 0.29) is 17.4 Å². The van der Waals surface area contributed by atoms with Crippen molar-refractivity contribution in [1.82, 2.24) is 19.7 Å². The lowest BCUT2D eigenvalue weighted by Crippen LogP contribution is -2.39.